The van der Waals surface area contributed by atoms with Crippen LogP contribution in [0.25, 0.3) is 0 Å². The van der Waals surface area contributed by atoms with Crippen molar-refractivity contribution in [2.24, 2.45) is 5.92 Å². The molecule has 0 saturated heterocycles. The minimum Gasteiger partial charge on any atom is -0.310 e. The number of aryl methyl sites for hydroxylation is 1. The van der Waals surface area contributed by atoms with Crippen molar-refractivity contribution >= 4 is 0 Å². The lowest BCUT2D eigenvalue weighted by Gasteiger charge is -2.17. The Labute approximate surface area is 97.1 Å². The molecule has 0 bridgehead atoms. The molecule has 1 N–H and O–H groups in total. The zero-order valence-corrected chi connectivity index (χ0v) is 10.1. The number of hydrogen-bond donors (Lipinski definition) is 1. The smallest absolute Gasteiger partial charge is 0.126 e. The second-order valence-electron chi connectivity index (χ2n) is 4.98. The third kappa shape index (κ3) is 2.62. The molecular formula is C14H20FN. The first-order valence-corrected chi connectivity index (χ1v) is 6.15. The molecule has 1 aromatic carbocycles. The van der Waals surface area contributed by atoms with Gasteiger partial charge in [-0.25, -0.2) is 4.39 Å². The Balaban J connectivity index is 1.91. The summed E-state index contributed by atoms with van der Waals surface area (Å²) in [7, 11) is 0. The van der Waals surface area contributed by atoms with Crippen LogP contribution in [0.5, 0.6) is 0 Å². The monoisotopic (exact) mass is 221 g/mol. The van der Waals surface area contributed by atoms with E-state index >= 15 is 0 Å². The molecule has 1 aliphatic carbocycles. The molecule has 1 saturated carbocycles. The fourth-order valence-electron chi connectivity index (χ4n) is 2.51. The third-order valence-corrected chi connectivity index (χ3v) is 3.65. The average Bonchev–Trinajstić information content (AvgIpc) is 2.66. The summed E-state index contributed by atoms with van der Waals surface area (Å²) in [5, 5.41) is 3.57. The van der Waals surface area contributed by atoms with Gasteiger partial charge < -0.3 is 5.32 Å². The Morgan fingerprint density at radius 3 is 2.81 bits per heavy atom. The van der Waals surface area contributed by atoms with Gasteiger partial charge in [0, 0.05) is 12.6 Å². The van der Waals surface area contributed by atoms with E-state index in [1.807, 2.05) is 19.1 Å². The summed E-state index contributed by atoms with van der Waals surface area (Å²) in [5.74, 6) is 0.666. The standard InChI is InChI=1S/C14H20FN/c1-10-4-3-5-14(10)16-9-12-6-7-13(15)11(2)8-12/h6-8,10,14,16H,3-5,9H2,1-2H3. The van der Waals surface area contributed by atoms with Crippen molar-refractivity contribution in [3.05, 3.63) is 35.1 Å². The molecule has 0 heterocycles. The van der Waals surface area contributed by atoms with Crippen molar-refractivity contribution in [3.8, 4) is 0 Å². The van der Waals surface area contributed by atoms with Gasteiger partial charge in [0.1, 0.15) is 5.82 Å². The Hall–Kier alpha value is -0.890. The molecule has 1 fully saturated rings. The van der Waals surface area contributed by atoms with Gasteiger partial charge in [-0.1, -0.05) is 25.5 Å². The molecule has 0 radical (unpaired) electrons. The van der Waals surface area contributed by atoms with E-state index in [0.29, 0.717) is 6.04 Å². The molecule has 2 heteroatoms. The lowest BCUT2D eigenvalue weighted by molar-refractivity contribution is 0.426. The largest absolute Gasteiger partial charge is 0.310 e. The molecule has 1 nitrogen and oxygen atoms in total. The average molecular weight is 221 g/mol. The van der Waals surface area contributed by atoms with Crippen LogP contribution in [-0.2, 0) is 6.54 Å². The highest BCUT2D eigenvalue weighted by Gasteiger charge is 2.22. The maximum atomic E-state index is 13.1. The van der Waals surface area contributed by atoms with E-state index < -0.39 is 0 Å². The number of halogens is 1. The summed E-state index contributed by atoms with van der Waals surface area (Å²) in [6.45, 7) is 4.98. The fourth-order valence-corrected chi connectivity index (χ4v) is 2.51. The van der Waals surface area contributed by atoms with Crippen LogP contribution in [0, 0.1) is 18.7 Å². The normalized spacial score (nSPS) is 24.9. The summed E-state index contributed by atoms with van der Waals surface area (Å²) < 4.78 is 13.1. The summed E-state index contributed by atoms with van der Waals surface area (Å²) in [4.78, 5) is 0. The minimum atomic E-state index is -0.113. The molecule has 2 unspecified atom stereocenters. The van der Waals surface area contributed by atoms with Crippen LogP contribution >= 0.6 is 0 Å². The van der Waals surface area contributed by atoms with Crippen molar-refractivity contribution in [2.75, 3.05) is 0 Å². The number of benzene rings is 1. The highest BCUT2D eigenvalue weighted by atomic mass is 19.1. The first-order chi connectivity index (χ1) is 7.66. The van der Waals surface area contributed by atoms with Gasteiger partial charge in [-0.15, -0.1) is 0 Å². The van der Waals surface area contributed by atoms with E-state index in [4.69, 9.17) is 0 Å². The van der Waals surface area contributed by atoms with Gasteiger partial charge in [0.05, 0.1) is 0 Å². The summed E-state index contributed by atoms with van der Waals surface area (Å²) in [5.41, 5.74) is 1.91. The quantitative estimate of drug-likeness (QED) is 0.824. The predicted molar refractivity (Wildman–Crippen MR) is 64.8 cm³/mol. The van der Waals surface area contributed by atoms with Gasteiger partial charge in [-0.3, -0.25) is 0 Å². The zero-order valence-electron chi connectivity index (χ0n) is 10.1. The maximum absolute atomic E-state index is 13.1. The molecular weight excluding hydrogens is 201 g/mol. The Bertz CT molecular complexity index is 362. The highest BCUT2D eigenvalue weighted by molar-refractivity contribution is 5.23. The van der Waals surface area contributed by atoms with Crippen molar-refractivity contribution in [1.82, 2.24) is 5.32 Å². The second kappa shape index (κ2) is 4.96. The highest BCUT2D eigenvalue weighted by Crippen LogP contribution is 2.25. The van der Waals surface area contributed by atoms with E-state index in [2.05, 4.69) is 12.2 Å². The van der Waals surface area contributed by atoms with Crippen molar-refractivity contribution in [1.29, 1.82) is 0 Å². The topological polar surface area (TPSA) is 12.0 Å². The SMILES string of the molecule is Cc1cc(CNC2CCCC2C)ccc1F. The Kier molecular flexibility index (Phi) is 3.59. The van der Waals surface area contributed by atoms with Crippen molar-refractivity contribution in [3.63, 3.8) is 0 Å². The molecule has 0 spiro atoms. The first kappa shape index (κ1) is 11.6. The molecule has 0 amide bonds. The summed E-state index contributed by atoms with van der Waals surface area (Å²) in [6.07, 6.45) is 3.95. The van der Waals surface area contributed by atoms with E-state index in [9.17, 15) is 4.39 Å². The van der Waals surface area contributed by atoms with Gasteiger partial charge in [0.25, 0.3) is 0 Å². The van der Waals surface area contributed by atoms with Crippen LogP contribution in [0.3, 0.4) is 0 Å². The summed E-state index contributed by atoms with van der Waals surface area (Å²) in [6, 6.07) is 6.01. The van der Waals surface area contributed by atoms with Crippen LogP contribution in [0.15, 0.2) is 18.2 Å². The van der Waals surface area contributed by atoms with Crippen molar-refractivity contribution in [2.45, 2.75) is 45.7 Å². The molecule has 0 aliphatic heterocycles. The van der Waals surface area contributed by atoms with E-state index in [0.717, 1.165) is 18.0 Å². The van der Waals surface area contributed by atoms with E-state index in [-0.39, 0.29) is 5.82 Å². The molecule has 1 aliphatic rings. The van der Waals surface area contributed by atoms with Crippen LogP contribution in [0.2, 0.25) is 0 Å². The van der Waals surface area contributed by atoms with Crippen molar-refractivity contribution < 1.29 is 4.39 Å². The van der Waals surface area contributed by atoms with Crippen LogP contribution in [0.1, 0.15) is 37.3 Å². The first-order valence-electron chi connectivity index (χ1n) is 6.15. The lowest BCUT2D eigenvalue weighted by Crippen LogP contribution is -2.30. The van der Waals surface area contributed by atoms with Gasteiger partial charge in [-0.05, 0) is 42.9 Å². The van der Waals surface area contributed by atoms with Crippen LogP contribution in [-0.4, -0.2) is 6.04 Å². The van der Waals surface area contributed by atoms with E-state index in [1.54, 1.807) is 6.07 Å². The fraction of sp³-hybridized carbons (Fsp3) is 0.571. The van der Waals surface area contributed by atoms with Gasteiger partial charge in [0.15, 0.2) is 0 Å². The molecule has 1 aromatic rings. The molecule has 2 atom stereocenters. The number of nitrogens with one attached hydrogen (secondary N) is 1. The van der Waals surface area contributed by atoms with Gasteiger partial charge >= 0.3 is 0 Å². The van der Waals surface area contributed by atoms with Gasteiger partial charge in [-0.2, -0.15) is 0 Å². The van der Waals surface area contributed by atoms with E-state index in [1.165, 1.54) is 24.8 Å². The summed E-state index contributed by atoms with van der Waals surface area (Å²) >= 11 is 0. The molecule has 16 heavy (non-hydrogen) atoms. The minimum absolute atomic E-state index is 0.113. The Morgan fingerprint density at radius 1 is 1.38 bits per heavy atom. The predicted octanol–water partition coefficient (Wildman–Crippen LogP) is 3.41. The number of rotatable bonds is 3. The third-order valence-electron chi connectivity index (χ3n) is 3.65. The van der Waals surface area contributed by atoms with Crippen LogP contribution < -0.4 is 5.32 Å². The lowest BCUT2D eigenvalue weighted by atomic mass is 10.1. The second-order valence-corrected chi connectivity index (χ2v) is 4.98. The molecule has 2 rings (SSSR count). The van der Waals surface area contributed by atoms with Gasteiger partial charge in [0.2, 0.25) is 0 Å². The van der Waals surface area contributed by atoms with Crippen LogP contribution in [0.4, 0.5) is 4.39 Å². The molecule has 88 valence electrons. The molecule has 0 aromatic heterocycles. The number of hydrogen-bond acceptors (Lipinski definition) is 1. The Morgan fingerprint density at radius 2 is 2.19 bits per heavy atom. The zero-order chi connectivity index (χ0) is 11.5. The maximum Gasteiger partial charge on any atom is 0.126 e.